The number of nitrogens with two attached hydrogens (primary N) is 1. The van der Waals surface area contributed by atoms with Gasteiger partial charge < -0.3 is 15.2 Å². The Kier molecular flexibility index (Phi) is 3.04. The normalized spacial score (nSPS) is 18.6. The largest absolute Gasteiger partial charge is 0.496 e. The molecule has 3 nitrogen and oxygen atoms in total. The molecule has 0 amide bonds. The molecule has 2 rings (SSSR count). The van der Waals surface area contributed by atoms with E-state index in [2.05, 4.69) is 19.1 Å². The summed E-state index contributed by atoms with van der Waals surface area (Å²) in [5, 5.41) is 0. The summed E-state index contributed by atoms with van der Waals surface area (Å²) < 4.78 is 11.0. The van der Waals surface area contributed by atoms with Crippen molar-refractivity contribution in [1.82, 2.24) is 0 Å². The highest BCUT2D eigenvalue weighted by molar-refractivity contribution is 5.55. The average Bonchev–Trinajstić information content (AvgIpc) is 3.08. The number of rotatable bonds is 4. The first-order chi connectivity index (χ1) is 8.05. The van der Waals surface area contributed by atoms with Crippen molar-refractivity contribution < 1.29 is 9.47 Å². The van der Waals surface area contributed by atoms with Gasteiger partial charge in [-0.15, -0.1) is 0 Å². The lowest BCUT2D eigenvalue weighted by Crippen LogP contribution is -2.32. The molecule has 17 heavy (non-hydrogen) atoms. The molecule has 1 aliphatic carbocycles. The maximum Gasteiger partial charge on any atom is 0.126 e. The summed E-state index contributed by atoms with van der Waals surface area (Å²) in [6.45, 7) is 4.10. The summed E-state index contributed by atoms with van der Waals surface area (Å²) in [6.07, 6.45) is 2.22. The summed E-state index contributed by atoms with van der Waals surface area (Å²) in [5.41, 5.74) is 8.47. The van der Waals surface area contributed by atoms with E-state index in [9.17, 15) is 0 Å². The predicted octanol–water partition coefficient (Wildman–Crippen LogP) is 2.39. The smallest absolute Gasteiger partial charge is 0.126 e. The highest BCUT2D eigenvalue weighted by Gasteiger charge is 2.51. The first kappa shape index (κ1) is 12.2. The fraction of sp³-hybridized carbons (Fsp3) is 0.571. The molecular formula is C14H21NO2. The van der Waals surface area contributed by atoms with E-state index in [0.717, 1.165) is 35.5 Å². The number of benzene rings is 1. The van der Waals surface area contributed by atoms with E-state index >= 15 is 0 Å². The number of hydrogen-bond acceptors (Lipinski definition) is 3. The summed E-state index contributed by atoms with van der Waals surface area (Å²) >= 11 is 0. The molecule has 0 spiro atoms. The highest BCUT2D eigenvalue weighted by atomic mass is 16.5. The Morgan fingerprint density at radius 1 is 1.18 bits per heavy atom. The van der Waals surface area contributed by atoms with Gasteiger partial charge in [-0.1, -0.05) is 0 Å². The Morgan fingerprint density at radius 2 is 1.65 bits per heavy atom. The Hall–Kier alpha value is -1.22. The van der Waals surface area contributed by atoms with Crippen molar-refractivity contribution in [3.63, 3.8) is 0 Å². The minimum Gasteiger partial charge on any atom is -0.496 e. The lowest BCUT2D eigenvalue weighted by atomic mass is 9.87. The summed E-state index contributed by atoms with van der Waals surface area (Å²) in [6, 6.07) is 4.23. The molecule has 1 unspecified atom stereocenters. The monoisotopic (exact) mass is 235 g/mol. The van der Waals surface area contributed by atoms with Crippen LogP contribution in [0.25, 0.3) is 0 Å². The first-order valence-corrected chi connectivity index (χ1v) is 6.04. The number of aryl methyl sites for hydroxylation is 1. The van der Waals surface area contributed by atoms with Crippen molar-refractivity contribution in [3.05, 3.63) is 23.3 Å². The van der Waals surface area contributed by atoms with Crippen LogP contribution in [0.1, 0.15) is 30.9 Å². The van der Waals surface area contributed by atoms with Crippen LogP contribution in [0, 0.1) is 6.92 Å². The molecule has 0 aliphatic heterocycles. The Bertz CT molecular complexity index is 397. The molecule has 94 valence electrons. The van der Waals surface area contributed by atoms with Crippen molar-refractivity contribution in [1.29, 1.82) is 0 Å². The molecule has 1 fully saturated rings. The molecule has 3 heteroatoms. The van der Waals surface area contributed by atoms with Crippen molar-refractivity contribution in [2.75, 3.05) is 14.2 Å². The van der Waals surface area contributed by atoms with Crippen LogP contribution in [-0.2, 0) is 5.41 Å². The summed E-state index contributed by atoms with van der Waals surface area (Å²) in [7, 11) is 3.41. The van der Waals surface area contributed by atoms with Gasteiger partial charge in [-0.2, -0.15) is 0 Å². The van der Waals surface area contributed by atoms with Gasteiger partial charge in [0.05, 0.1) is 14.2 Å². The zero-order valence-electron chi connectivity index (χ0n) is 11.0. The van der Waals surface area contributed by atoms with Crippen LogP contribution in [0.2, 0.25) is 0 Å². The Morgan fingerprint density at radius 3 is 1.94 bits per heavy atom. The zero-order valence-corrected chi connectivity index (χ0v) is 11.0. The summed E-state index contributed by atoms with van der Waals surface area (Å²) in [5.74, 6) is 1.80. The minimum absolute atomic E-state index is 0.0460. The van der Waals surface area contributed by atoms with Gasteiger partial charge in [0.25, 0.3) is 0 Å². The van der Waals surface area contributed by atoms with E-state index in [1.807, 2.05) is 6.92 Å². The third-order valence-electron chi connectivity index (χ3n) is 3.81. The van der Waals surface area contributed by atoms with Gasteiger partial charge in [0.1, 0.15) is 11.5 Å². The molecule has 0 saturated heterocycles. The summed E-state index contributed by atoms with van der Waals surface area (Å²) in [4.78, 5) is 0. The third-order valence-corrected chi connectivity index (χ3v) is 3.81. The van der Waals surface area contributed by atoms with E-state index in [-0.39, 0.29) is 11.5 Å². The fourth-order valence-corrected chi connectivity index (χ4v) is 2.60. The van der Waals surface area contributed by atoms with Crippen molar-refractivity contribution in [3.8, 4) is 11.5 Å². The molecule has 1 atom stereocenters. The lowest BCUT2D eigenvalue weighted by molar-refractivity contribution is 0.369. The van der Waals surface area contributed by atoms with E-state index in [0.29, 0.717) is 0 Å². The van der Waals surface area contributed by atoms with Gasteiger partial charge >= 0.3 is 0 Å². The van der Waals surface area contributed by atoms with Gasteiger partial charge in [-0.05, 0) is 44.4 Å². The third kappa shape index (κ3) is 1.89. The van der Waals surface area contributed by atoms with Crippen LogP contribution in [-0.4, -0.2) is 20.3 Å². The van der Waals surface area contributed by atoms with Crippen LogP contribution >= 0.6 is 0 Å². The fourth-order valence-electron chi connectivity index (χ4n) is 2.60. The van der Waals surface area contributed by atoms with Gasteiger partial charge in [0.15, 0.2) is 0 Å². The van der Waals surface area contributed by atoms with Crippen LogP contribution in [0.3, 0.4) is 0 Å². The molecule has 1 aromatic rings. The van der Waals surface area contributed by atoms with Gasteiger partial charge in [-0.3, -0.25) is 0 Å². The molecule has 1 aromatic carbocycles. The SMILES string of the molecule is COc1cc(C)cc(OC)c1C1(C(C)N)CC1. The molecule has 0 heterocycles. The highest BCUT2D eigenvalue weighted by Crippen LogP contribution is 2.56. The maximum absolute atomic E-state index is 6.14. The van der Waals surface area contributed by atoms with Gasteiger partial charge in [-0.25, -0.2) is 0 Å². The van der Waals surface area contributed by atoms with Crippen molar-refractivity contribution in [2.24, 2.45) is 5.73 Å². The second-order valence-electron chi connectivity index (χ2n) is 4.99. The van der Waals surface area contributed by atoms with Crippen LogP contribution < -0.4 is 15.2 Å². The molecule has 1 aliphatic rings. The molecule has 1 saturated carbocycles. The standard InChI is InChI=1S/C14H21NO2/c1-9-7-11(16-3)13(12(8-9)17-4)14(5-6-14)10(2)15/h7-8,10H,5-6,15H2,1-4H3. The molecule has 2 N–H and O–H groups in total. The Labute approximate surface area is 103 Å². The van der Waals surface area contributed by atoms with Crippen LogP contribution in [0.5, 0.6) is 11.5 Å². The maximum atomic E-state index is 6.14. The van der Waals surface area contributed by atoms with Crippen LogP contribution in [0.4, 0.5) is 0 Å². The van der Waals surface area contributed by atoms with E-state index in [4.69, 9.17) is 15.2 Å². The van der Waals surface area contributed by atoms with E-state index in [1.54, 1.807) is 14.2 Å². The first-order valence-electron chi connectivity index (χ1n) is 6.04. The molecule has 0 bridgehead atoms. The van der Waals surface area contributed by atoms with Crippen molar-refractivity contribution in [2.45, 2.75) is 38.1 Å². The minimum atomic E-state index is 0.0460. The van der Waals surface area contributed by atoms with E-state index < -0.39 is 0 Å². The number of methoxy groups -OCH3 is 2. The molecule has 0 aromatic heterocycles. The Balaban J connectivity index is 2.59. The van der Waals surface area contributed by atoms with Crippen LogP contribution in [0.15, 0.2) is 12.1 Å². The van der Waals surface area contributed by atoms with Crippen molar-refractivity contribution >= 4 is 0 Å². The van der Waals surface area contributed by atoms with Gasteiger partial charge in [0.2, 0.25) is 0 Å². The van der Waals surface area contributed by atoms with E-state index in [1.165, 1.54) is 0 Å². The average molecular weight is 235 g/mol. The zero-order chi connectivity index (χ0) is 12.6. The molecule has 0 radical (unpaired) electrons. The van der Waals surface area contributed by atoms with Gasteiger partial charge in [0, 0.05) is 17.0 Å². The topological polar surface area (TPSA) is 44.5 Å². The number of hydrogen-bond donors (Lipinski definition) is 1. The predicted molar refractivity (Wildman–Crippen MR) is 68.8 cm³/mol. The second-order valence-corrected chi connectivity index (χ2v) is 4.99. The molecular weight excluding hydrogens is 214 g/mol. The second kappa shape index (κ2) is 4.22. The lowest BCUT2D eigenvalue weighted by Gasteiger charge is -2.25. The number of ether oxygens (including phenoxy) is 2. The quantitative estimate of drug-likeness (QED) is 0.871.